The normalized spacial score (nSPS) is 9.90. The van der Waals surface area contributed by atoms with Crippen molar-refractivity contribution >= 4 is 23.0 Å². The molecule has 3 heteroatoms. The molecular weight excluding hydrogens is 248 g/mol. The molecule has 0 unspecified atom stereocenters. The lowest BCUT2D eigenvalue weighted by Crippen LogP contribution is -2.12. The van der Waals surface area contributed by atoms with Gasteiger partial charge in [0, 0.05) is 22.6 Å². The first-order valence-electron chi connectivity index (χ1n) is 6.46. The van der Waals surface area contributed by atoms with Crippen LogP contribution >= 0.6 is 0 Å². The molecule has 0 aliphatic rings. The standard InChI is InChI=1S/C17H18N2O/c1-12(2)17(20)19-16-10-9-15(11-13(16)3)18-14-7-5-4-6-8-14/h4-11,18H,1H2,2-3H3,(H,19,20). The molecule has 2 aromatic carbocycles. The van der Waals surface area contributed by atoms with Gasteiger partial charge in [0.15, 0.2) is 0 Å². The van der Waals surface area contributed by atoms with Crippen LogP contribution in [0.25, 0.3) is 0 Å². The van der Waals surface area contributed by atoms with Gasteiger partial charge in [0.25, 0.3) is 5.91 Å². The SMILES string of the molecule is C=C(C)C(=O)Nc1ccc(Nc2ccccc2)cc1C. The Kier molecular flexibility index (Phi) is 4.20. The highest BCUT2D eigenvalue weighted by atomic mass is 16.1. The minimum Gasteiger partial charge on any atom is -0.356 e. The maximum atomic E-state index is 11.6. The second-order valence-electron chi connectivity index (χ2n) is 4.76. The fourth-order valence-corrected chi connectivity index (χ4v) is 1.80. The van der Waals surface area contributed by atoms with Crippen molar-refractivity contribution in [2.24, 2.45) is 0 Å². The monoisotopic (exact) mass is 266 g/mol. The lowest BCUT2D eigenvalue weighted by Gasteiger charge is -2.11. The summed E-state index contributed by atoms with van der Waals surface area (Å²) in [5.41, 5.74) is 4.32. The van der Waals surface area contributed by atoms with E-state index in [4.69, 9.17) is 0 Å². The maximum absolute atomic E-state index is 11.6. The molecule has 0 bridgehead atoms. The van der Waals surface area contributed by atoms with E-state index in [0.29, 0.717) is 5.57 Å². The zero-order chi connectivity index (χ0) is 14.5. The minimum atomic E-state index is -0.156. The van der Waals surface area contributed by atoms with E-state index in [-0.39, 0.29) is 5.91 Å². The van der Waals surface area contributed by atoms with Gasteiger partial charge in [-0.05, 0) is 49.7 Å². The van der Waals surface area contributed by atoms with Crippen LogP contribution in [-0.4, -0.2) is 5.91 Å². The Morgan fingerprint density at radius 2 is 1.75 bits per heavy atom. The highest BCUT2D eigenvalue weighted by molar-refractivity contribution is 6.03. The predicted octanol–water partition coefficient (Wildman–Crippen LogP) is 4.25. The Morgan fingerprint density at radius 1 is 1.05 bits per heavy atom. The third-order valence-corrected chi connectivity index (χ3v) is 2.92. The van der Waals surface area contributed by atoms with Crippen molar-refractivity contribution in [1.82, 2.24) is 0 Å². The summed E-state index contributed by atoms with van der Waals surface area (Å²) >= 11 is 0. The van der Waals surface area contributed by atoms with E-state index in [1.165, 1.54) is 0 Å². The molecule has 0 spiro atoms. The number of nitrogens with one attached hydrogen (secondary N) is 2. The third kappa shape index (κ3) is 3.48. The zero-order valence-electron chi connectivity index (χ0n) is 11.7. The molecule has 20 heavy (non-hydrogen) atoms. The van der Waals surface area contributed by atoms with Crippen LogP contribution < -0.4 is 10.6 Å². The van der Waals surface area contributed by atoms with Crippen molar-refractivity contribution in [3.05, 3.63) is 66.2 Å². The number of anilines is 3. The number of hydrogen-bond donors (Lipinski definition) is 2. The van der Waals surface area contributed by atoms with Crippen LogP contribution in [0, 0.1) is 6.92 Å². The molecule has 0 saturated heterocycles. The molecule has 2 N–H and O–H groups in total. The number of carbonyl (C=O) groups excluding carboxylic acids is 1. The lowest BCUT2D eigenvalue weighted by atomic mass is 10.1. The Labute approximate surface area is 119 Å². The second-order valence-corrected chi connectivity index (χ2v) is 4.76. The fourth-order valence-electron chi connectivity index (χ4n) is 1.80. The number of aryl methyl sites for hydroxylation is 1. The Balaban J connectivity index is 2.13. The number of para-hydroxylation sites is 1. The molecule has 0 aliphatic carbocycles. The Morgan fingerprint density at radius 3 is 2.35 bits per heavy atom. The maximum Gasteiger partial charge on any atom is 0.250 e. The van der Waals surface area contributed by atoms with E-state index >= 15 is 0 Å². The van der Waals surface area contributed by atoms with E-state index in [1.807, 2.05) is 55.5 Å². The summed E-state index contributed by atoms with van der Waals surface area (Å²) in [7, 11) is 0. The van der Waals surface area contributed by atoms with Gasteiger partial charge >= 0.3 is 0 Å². The molecule has 1 amide bonds. The summed E-state index contributed by atoms with van der Waals surface area (Å²) in [5, 5.41) is 6.15. The summed E-state index contributed by atoms with van der Waals surface area (Å²) in [6, 6.07) is 15.8. The number of rotatable bonds is 4. The smallest absolute Gasteiger partial charge is 0.250 e. The van der Waals surface area contributed by atoms with Gasteiger partial charge in [0.05, 0.1) is 0 Å². The van der Waals surface area contributed by atoms with Crippen LogP contribution in [0.1, 0.15) is 12.5 Å². The van der Waals surface area contributed by atoms with Crippen molar-refractivity contribution in [3.8, 4) is 0 Å². The van der Waals surface area contributed by atoms with Gasteiger partial charge in [-0.15, -0.1) is 0 Å². The summed E-state index contributed by atoms with van der Waals surface area (Å²) < 4.78 is 0. The molecule has 2 aromatic rings. The summed E-state index contributed by atoms with van der Waals surface area (Å²) in [4.78, 5) is 11.6. The topological polar surface area (TPSA) is 41.1 Å². The molecule has 0 atom stereocenters. The van der Waals surface area contributed by atoms with Gasteiger partial charge in [0.2, 0.25) is 0 Å². The van der Waals surface area contributed by atoms with Crippen LogP contribution in [-0.2, 0) is 4.79 Å². The lowest BCUT2D eigenvalue weighted by molar-refractivity contribution is -0.112. The van der Waals surface area contributed by atoms with E-state index in [9.17, 15) is 4.79 Å². The van der Waals surface area contributed by atoms with Crippen LogP contribution in [0.5, 0.6) is 0 Å². The minimum absolute atomic E-state index is 0.156. The Bertz CT molecular complexity index is 633. The Hall–Kier alpha value is -2.55. The van der Waals surface area contributed by atoms with Crippen molar-refractivity contribution in [2.75, 3.05) is 10.6 Å². The molecule has 0 aliphatic heterocycles. The van der Waals surface area contributed by atoms with Crippen LogP contribution in [0.3, 0.4) is 0 Å². The van der Waals surface area contributed by atoms with Crippen molar-refractivity contribution in [3.63, 3.8) is 0 Å². The first-order chi connectivity index (χ1) is 9.56. The molecule has 0 saturated carbocycles. The summed E-state index contributed by atoms with van der Waals surface area (Å²) in [5.74, 6) is -0.156. The largest absolute Gasteiger partial charge is 0.356 e. The van der Waals surface area contributed by atoms with Crippen LogP contribution in [0.15, 0.2) is 60.7 Å². The molecule has 0 aromatic heterocycles. The molecule has 0 heterocycles. The van der Waals surface area contributed by atoms with Crippen molar-refractivity contribution < 1.29 is 4.79 Å². The van der Waals surface area contributed by atoms with Crippen molar-refractivity contribution in [2.45, 2.75) is 13.8 Å². The number of carbonyl (C=O) groups is 1. The van der Waals surface area contributed by atoms with Gasteiger partial charge in [-0.1, -0.05) is 24.8 Å². The number of hydrogen-bond acceptors (Lipinski definition) is 2. The van der Waals surface area contributed by atoms with Crippen molar-refractivity contribution in [1.29, 1.82) is 0 Å². The molecule has 102 valence electrons. The van der Waals surface area contributed by atoms with Crippen LogP contribution in [0.4, 0.5) is 17.1 Å². The quantitative estimate of drug-likeness (QED) is 0.812. The predicted molar refractivity (Wildman–Crippen MR) is 84.3 cm³/mol. The van der Waals surface area contributed by atoms with Gasteiger partial charge in [-0.25, -0.2) is 0 Å². The van der Waals surface area contributed by atoms with Crippen LogP contribution in [0.2, 0.25) is 0 Å². The van der Waals surface area contributed by atoms with E-state index in [0.717, 1.165) is 22.6 Å². The molecule has 3 nitrogen and oxygen atoms in total. The number of benzene rings is 2. The molecular formula is C17H18N2O. The third-order valence-electron chi connectivity index (χ3n) is 2.92. The van der Waals surface area contributed by atoms with E-state index < -0.39 is 0 Å². The highest BCUT2D eigenvalue weighted by Gasteiger charge is 2.05. The number of amides is 1. The van der Waals surface area contributed by atoms with Gasteiger partial charge < -0.3 is 10.6 Å². The first-order valence-corrected chi connectivity index (χ1v) is 6.46. The van der Waals surface area contributed by atoms with E-state index in [2.05, 4.69) is 17.2 Å². The zero-order valence-corrected chi connectivity index (χ0v) is 11.7. The second kappa shape index (κ2) is 6.06. The molecule has 2 rings (SSSR count). The molecule has 0 radical (unpaired) electrons. The van der Waals surface area contributed by atoms with E-state index in [1.54, 1.807) is 6.92 Å². The fraction of sp³-hybridized carbons (Fsp3) is 0.118. The average Bonchev–Trinajstić information content (AvgIpc) is 2.42. The van der Waals surface area contributed by atoms with Gasteiger partial charge in [0.1, 0.15) is 0 Å². The average molecular weight is 266 g/mol. The molecule has 0 fully saturated rings. The summed E-state index contributed by atoms with van der Waals surface area (Å²) in [6.45, 7) is 7.28. The first kappa shape index (κ1) is 13.9. The van der Waals surface area contributed by atoms with Gasteiger partial charge in [-0.2, -0.15) is 0 Å². The van der Waals surface area contributed by atoms with Gasteiger partial charge in [-0.3, -0.25) is 4.79 Å². The summed E-state index contributed by atoms with van der Waals surface area (Å²) in [6.07, 6.45) is 0. The highest BCUT2D eigenvalue weighted by Crippen LogP contribution is 2.23.